The van der Waals surface area contributed by atoms with E-state index in [9.17, 15) is 4.79 Å². The van der Waals surface area contributed by atoms with E-state index < -0.39 is 5.97 Å². The third kappa shape index (κ3) is 3.13. The maximum Gasteiger partial charge on any atom is 0.347 e. The summed E-state index contributed by atoms with van der Waals surface area (Å²) in [5, 5.41) is 9.15. The maximum absolute atomic E-state index is 10.2. The van der Waals surface area contributed by atoms with Gasteiger partial charge < -0.3 is 5.11 Å². The van der Waals surface area contributed by atoms with E-state index in [2.05, 4.69) is 4.98 Å². The topological polar surface area (TPSA) is 50.2 Å². The predicted octanol–water partition coefficient (Wildman–Crippen LogP) is 2.18. The first-order chi connectivity index (χ1) is 5.20. The van der Waals surface area contributed by atoms with Crippen LogP contribution >= 0.6 is 11.3 Å². The fourth-order valence-electron chi connectivity index (χ4n) is 0.460. The Morgan fingerprint density at radius 1 is 1.64 bits per heavy atom. The van der Waals surface area contributed by atoms with Gasteiger partial charge in [0.25, 0.3) is 0 Å². The fourth-order valence-corrected chi connectivity index (χ4v) is 1.08. The van der Waals surface area contributed by atoms with E-state index in [1.807, 2.05) is 13.8 Å². The van der Waals surface area contributed by atoms with Gasteiger partial charge in [-0.3, -0.25) is 0 Å². The largest absolute Gasteiger partial charge is 0.477 e. The molecule has 1 aromatic heterocycles. The minimum absolute atomic E-state index is 0.299. The molecule has 0 bridgehead atoms. The summed E-state index contributed by atoms with van der Waals surface area (Å²) in [6.45, 7) is 5.77. The number of hydrogen-bond donors (Lipinski definition) is 1. The molecule has 62 valence electrons. The van der Waals surface area contributed by atoms with E-state index >= 15 is 0 Å². The molecule has 0 aliphatic carbocycles. The van der Waals surface area contributed by atoms with Crippen LogP contribution in [-0.4, -0.2) is 16.1 Å². The number of nitrogens with zero attached hydrogens (tertiary/aromatic N) is 1. The van der Waals surface area contributed by atoms with E-state index in [0.717, 1.165) is 5.01 Å². The third-order valence-corrected chi connectivity index (χ3v) is 1.73. The Balaban J connectivity index is 0.000000461. The monoisotopic (exact) mass is 173 g/mol. The van der Waals surface area contributed by atoms with Gasteiger partial charge in [0.2, 0.25) is 0 Å². The molecule has 0 saturated carbocycles. The molecule has 0 aromatic carbocycles. The first-order valence-electron chi connectivity index (χ1n) is 3.36. The molecule has 1 aromatic rings. The van der Waals surface area contributed by atoms with Crippen molar-refractivity contribution in [3.8, 4) is 0 Å². The Bertz CT molecular complexity index is 232. The molecule has 0 aliphatic heterocycles. The zero-order chi connectivity index (χ0) is 8.85. The summed E-state index contributed by atoms with van der Waals surface area (Å²) in [5.41, 5.74) is 0. The van der Waals surface area contributed by atoms with Crippen molar-refractivity contribution in [2.75, 3.05) is 0 Å². The van der Waals surface area contributed by atoms with E-state index in [1.165, 1.54) is 17.5 Å². The molecule has 1 N–H and O–H groups in total. The zero-order valence-corrected chi connectivity index (χ0v) is 7.60. The summed E-state index contributed by atoms with van der Waals surface area (Å²) in [7, 11) is 0. The molecule has 0 saturated heterocycles. The van der Waals surface area contributed by atoms with Crippen LogP contribution < -0.4 is 0 Å². The number of hydrogen-bond acceptors (Lipinski definition) is 3. The van der Waals surface area contributed by atoms with Gasteiger partial charge in [-0.25, -0.2) is 9.78 Å². The lowest BCUT2D eigenvalue weighted by molar-refractivity contribution is 0.0702. The van der Waals surface area contributed by atoms with Gasteiger partial charge in [0.1, 0.15) is 4.88 Å². The number of aryl methyl sites for hydroxylation is 1. The van der Waals surface area contributed by atoms with Crippen molar-refractivity contribution in [1.82, 2.24) is 4.98 Å². The van der Waals surface area contributed by atoms with Crippen molar-refractivity contribution in [3.05, 3.63) is 16.1 Å². The van der Waals surface area contributed by atoms with Gasteiger partial charge in [-0.2, -0.15) is 0 Å². The number of aromatic carboxylic acids is 1. The molecule has 3 nitrogen and oxygen atoms in total. The van der Waals surface area contributed by atoms with Crippen molar-refractivity contribution in [2.45, 2.75) is 20.8 Å². The Hall–Kier alpha value is -0.900. The maximum atomic E-state index is 10.2. The van der Waals surface area contributed by atoms with E-state index in [-0.39, 0.29) is 0 Å². The van der Waals surface area contributed by atoms with Gasteiger partial charge >= 0.3 is 5.97 Å². The number of carbonyl (C=O) groups is 1. The van der Waals surface area contributed by atoms with Gasteiger partial charge in [-0.05, 0) is 6.92 Å². The summed E-state index contributed by atoms with van der Waals surface area (Å²) >= 11 is 1.19. The van der Waals surface area contributed by atoms with Crippen LogP contribution in [0.3, 0.4) is 0 Å². The van der Waals surface area contributed by atoms with Crippen LogP contribution in [0.25, 0.3) is 0 Å². The number of thiazole rings is 1. The van der Waals surface area contributed by atoms with Gasteiger partial charge in [0, 0.05) is 0 Å². The van der Waals surface area contributed by atoms with Crippen LogP contribution in [0.2, 0.25) is 0 Å². The molecule has 1 rings (SSSR count). The summed E-state index contributed by atoms with van der Waals surface area (Å²) in [6, 6.07) is 0. The molecule has 0 fully saturated rings. The van der Waals surface area contributed by atoms with E-state index in [1.54, 1.807) is 6.92 Å². The highest BCUT2D eigenvalue weighted by molar-refractivity contribution is 7.13. The summed E-state index contributed by atoms with van der Waals surface area (Å²) in [6.07, 6.45) is 1.36. The molecule has 1 heterocycles. The molecule has 4 heteroatoms. The van der Waals surface area contributed by atoms with Crippen LogP contribution in [0, 0.1) is 6.92 Å². The Morgan fingerprint density at radius 2 is 2.18 bits per heavy atom. The number of aromatic nitrogens is 1. The van der Waals surface area contributed by atoms with Crippen molar-refractivity contribution in [3.63, 3.8) is 0 Å². The third-order valence-electron chi connectivity index (χ3n) is 0.832. The van der Waals surface area contributed by atoms with Crippen LogP contribution in [0.15, 0.2) is 6.20 Å². The Labute approximate surface area is 69.7 Å². The normalized spacial score (nSPS) is 8.27. The van der Waals surface area contributed by atoms with Crippen molar-refractivity contribution < 1.29 is 9.90 Å². The summed E-state index contributed by atoms with van der Waals surface area (Å²) in [4.78, 5) is 14.3. The molecule has 11 heavy (non-hydrogen) atoms. The average Bonchev–Trinajstić information content (AvgIpc) is 2.40. The summed E-state index contributed by atoms with van der Waals surface area (Å²) in [5.74, 6) is -0.902. The lowest BCUT2D eigenvalue weighted by Gasteiger charge is -1.78. The molecular weight excluding hydrogens is 162 g/mol. The molecular formula is C7H11NO2S. The highest BCUT2D eigenvalue weighted by Gasteiger charge is 2.04. The van der Waals surface area contributed by atoms with Gasteiger partial charge in [-0.15, -0.1) is 11.3 Å². The quantitative estimate of drug-likeness (QED) is 0.708. The summed E-state index contributed by atoms with van der Waals surface area (Å²) < 4.78 is 0. The van der Waals surface area contributed by atoms with Gasteiger partial charge in [-0.1, -0.05) is 13.8 Å². The molecule has 0 radical (unpaired) electrons. The second-order valence-electron chi connectivity index (χ2n) is 1.55. The first-order valence-corrected chi connectivity index (χ1v) is 4.17. The second-order valence-corrected chi connectivity index (χ2v) is 2.78. The highest BCUT2D eigenvalue weighted by atomic mass is 32.1. The van der Waals surface area contributed by atoms with E-state index in [0.29, 0.717) is 4.88 Å². The number of carboxylic acids is 1. The van der Waals surface area contributed by atoms with Crippen LogP contribution in [-0.2, 0) is 0 Å². The lowest BCUT2D eigenvalue weighted by Crippen LogP contribution is -1.89. The lowest BCUT2D eigenvalue weighted by atomic mass is 10.6. The SMILES string of the molecule is CC.Cc1ncc(C(=O)O)s1. The Morgan fingerprint density at radius 3 is 2.36 bits per heavy atom. The smallest absolute Gasteiger partial charge is 0.347 e. The zero-order valence-electron chi connectivity index (χ0n) is 6.79. The average molecular weight is 173 g/mol. The number of rotatable bonds is 1. The molecule has 0 aliphatic rings. The van der Waals surface area contributed by atoms with Crippen LogP contribution in [0.5, 0.6) is 0 Å². The van der Waals surface area contributed by atoms with Crippen LogP contribution in [0.4, 0.5) is 0 Å². The van der Waals surface area contributed by atoms with Crippen molar-refractivity contribution in [2.24, 2.45) is 0 Å². The molecule has 0 atom stereocenters. The van der Waals surface area contributed by atoms with Crippen molar-refractivity contribution in [1.29, 1.82) is 0 Å². The molecule has 0 amide bonds. The standard InChI is InChI=1S/C5H5NO2S.C2H6/c1-3-6-2-4(9-3)5(7)8;1-2/h2H,1H3,(H,7,8);1-2H3. The molecule has 0 spiro atoms. The highest BCUT2D eigenvalue weighted by Crippen LogP contribution is 2.10. The molecule has 0 unspecified atom stereocenters. The minimum Gasteiger partial charge on any atom is -0.477 e. The van der Waals surface area contributed by atoms with E-state index in [4.69, 9.17) is 5.11 Å². The van der Waals surface area contributed by atoms with Gasteiger partial charge in [0.15, 0.2) is 0 Å². The predicted molar refractivity (Wildman–Crippen MR) is 45.2 cm³/mol. The van der Waals surface area contributed by atoms with Gasteiger partial charge in [0.05, 0.1) is 11.2 Å². The number of carboxylic acid groups (broad SMARTS) is 1. The fraction of sp³-hybridized carbons (Fsp3) is 0.429. The first kappa shape index (κ1) is 10.1. The second kappa shape index (κ2) is 4.85. The van der Waals surface area contributed by atoms with Crippen LogP contribution in [0.1, 0.15) is 28.5 Å². The Kier molecular flexibility index (Phi) is 4.45. The minimum atomic E-state index is -0.902. The van der Waals surface area contributed by atoms with Crippen molar-refractivity contribution >= 4 is 17.3 Å².